The first kappa shape index (κ1) is 14.4. The lowest BCUT2D eigenvalue weighted by Crippen LogP contribution is -2.54. The largest absolute Gasteiger partial charge is 0.314 e. The summed E-state index contributed by atoms with van der Waals surface area (Å²) in [5, 5.41) is 4.45. The Morgan fingerprint density at radius 2 is 2.05 bits per heavy atom. The smallest absolute Gasteiger partial charge is 0.0409 e. The number of benzene rings is 1. The van der Waals surface area contributed by atoms with Gasteiger partial charge in [-0.2, -0.15) is 0 Å². The Balaban J connectivity index is 1.68. The molecule has 2 fully saturated rings. The maximum absolute atomic E-state index is 6.12. The van der Waals surface area contributed by atoms with Gasteiger partial charge in [0, 0.05) is 37.2 Å². The summed E-state index contributed by atoms with van der Waals surface area (Å²) in [5.74, 6) is 0.885. The normalized spacial score (nSPS) is 25.8. The summed E-state index contributed by atoms with van der Waals surface area (Å²) in [5.41, 5.74) is 1.35. The predicted octanol–water partition coefficient (Wildman–Crippen LogP) is 3.69. The van der Waals surface area contributed by atoms with Gasteiger partial charge in [0.25, 0.3) is 0 Å². The summed E-state index contributed by atoms with van der Waals surface area (Å²) < 4.78 is 0. The van der Waals surface area contributed by atoms with Crippen molar-refractivity contribution < 1.29 is 0 Å². The average molecular weight is 293 g/mol. The number of hydrogen-bond acceptors (Lipinski definition) is 2. The van der Waals surface area contributed by atoms with Crippen molar-refractivity contribution in [2.75, 3.05) is 19.6 Å². The molecule has 1 atom stereocenters. The van der Waals surface area contributed by atoms with Crippen LogP contribution in [0.1, 0.15) is 37.7 Å². The summed E-state index contributed by atoms with van der Waals surface area (Å²) in [6.07, 6.45) is 7.11. The van der Waals surface area contributed by atoms with Crippen molar-refractivity contribution in [2.45, 2.75) is 44.7 Å². The van der Waals surface area contributed by atoms with E-state index in [9.17, 15) is 0 Å². The summed E-state index contributed by atoms with van der Waals surface area (Å²) in [4.78, 5) is 2.68. The van der Waals surface area contributed by atoms with Crippen LogP contribution >= 0.6 is 11.6 Å². The summed E-state index contributed by atoms with van der Waals surface area (Å²) >= 11 is 6.12. The molecular formula is C17H25ClN2. The van der Waals surface area contributed by atoms with Gasteiger partial charge >= 0.3 is 0 Å². The minimum Gasteiger partial charge on any atom is -0.314 e. The molecule has 1 aromatic rings. The third-order valence-electron chi connectivity index (χ3n) is 4.87. The van der Waals surface area contributed by atoms with Gasteiger partial charge in [0.2, 0.25) is 0 Å². The molecule has 0 aromatic heterocycles. The first-order chi connectivity index (χ1) is 9.83. The second-order valence-corrected chi connectivity index (χ2v) is 6.71. The first-order valence-corrected chi connectivity index (χ1v) is 8.40. The highest BCUT2D eigenvalue weighted by molar-refractivity contribution is 6.30. The minimum atomic E-state index is 0.711. The maximum atomic E-state index is 6.12. The van der Waals surface area contributed by atoms with Crippen LogP contribution in [0.5, 0.6) is 0 Å². The van der Waals surface area contributed by atoms with Crippen LogP contribution in [0.15, 0.2) is 24.3 Å². The van der Waals surface area contributed by atoms with Gasteiger partial charge in [-0.05, 0) is 36.5 Å². The highest BCUT2D eigenvalue weighted by atomic mass is 35.5. The molecule has 0 bridgehead atoms. The first-order valence-electron chi connectivity index (χ1n) is 8.02. The molecule has 3 rings (SSSR count). The maximum Gasteiger partial charge on any atom is 0.0409 e. The van der Waals surface area contributed by atoms with Crippen LogP contribution in [0.4, 0.5) is 0 Å². The van der Waals surface area contributed by atoms with E-state index in [1.807, 2.05) is 6.07 Å². The van der Waals surface area contributed by atoms with Crippen LogP contribution in [-0.2, 0) is 6.54 Å². The minimum absolute atomic E-state index is 0.711. The Labute approximate surface area is 127 Å². The molecular weight excluding hydrogens is 268 g/mol. The highest BCUT2D eigenvalue weighted by Gasteiger charge is 2.30. The van der Waals surface area contributed by atoms with Crippen LogP contribution in [0.2, 0.25) is 5.02 Å². The van der Waals surface area contributed by atoms with Crippen molar-refractivity contribution in [1.29, 1.82) is 0 Å². The number of nitrogens with one attached hydrogen (secondary N) is 1. The number of nitrogens with zero attached hydrogens (tertiary/aromatic N) is 1. The lowest BCUT2D eigenvalue weighted by Gasteiger charge is -2.42. The highest BCUT2D eigenvalue weighted by Crippen LogP contribution is 2.30. The van der Waals surface area contributed by atoms with Crippen LogP contribution in [-0.4, -0.2) is 30.6 Å². The van der Waals surface area contributed by atoms with Gasteiger partial charge < -0.3 is 5.32 Å². The molecule has 1 aliphatic carbocycles. The lowest BCUT2D eigenvalue weighted by atomic mass is 9.82. The molecule has 20 heavy (non-hydrogen) atoms. The van der Waals surface area contributed by atoms with Crippen LogP contribution < -0.4 is 5.32 Å². The SMILES string of the molecule is Clc1cccc(CN2CCNCC2C2CCCCC2)c1. The molecule has 3 heteroatoms. The van der Waals surface area contributed by atoms with E-state index in [1.54, 1.807) is 0 Å². The molecule has 1 aliphatic heterocycles. The molecule has 1 saturated heterocycles. The van der Waals surface area contributed by atoms with E-state index in [1.165, 1.54) is 37.7 Å². The third kappa shape index (κ3) is 3.55. The second kappa shape index (κ2) is 6.93. The van der Waals surface area contributed by atoms with Crippen molar-refractivity contribution >= 4 is 11.6 Å². The second-order valence-electron chi connectivity index (χ2n) is 6.27. The summed E-state index contributed by atoms with van der Waals surface area (Å²) in [7, 11) is 0. The molecule has 1 unspecified atom stereocenters. The fourth-order valence-corrected chi connectivity index (χ4v) is 4.03. The zero-order chi connectivity index (χ0) is 13.8. The van der Waals surface area contributed by atoms with Crippen LogP contribution in [0.3, 0.4) is 0 Å². The molecule has 0 radical (unpaired) electrons. The van der Waals surface area contributed by atoms with E-state index in [4.69, 9.17) is 11.6 Å². The number of halogens is 1. The molecule has 0 amide bonds. The van der Waals surface area contributed by atoms with Crippen LogP contribution in [0, 0.1) is 5.92 Å². The van der Waals surface area contributed by atoms with Crippen molar-refractivity contribution in [1.82, 2.24) is 10.2 Å². The van der Waals surface area contributed by atoms with Gasteiger partial charge in [-0.25, -0.2) is 0 Å². The van der Waals surface area contributed by atoms with Gasteiger partial charge in [0.15, 0.2) is 0 Å². The fourth-order valence-electron chi connectivity index (χ4n) is 3.82. The predicted molar refractivity (Wildman–Crippen MR) is 85.1 cm³/mol. The quantitative estimate of drug-likeness (QED) is 0.914. The van der Waals surface area contributed by atoms with Gasteiger partial charge in [-0.1, -0.05) is 43.0 Å². The van der Waals surface area contributed by atoms with E-state index < -0.39 is 0 Å². The average Bonchev–Trinajstić information content (AvgIpc) is 2.49. The van der Waals surface area contributed by atoms with Crippen molar-refractivity contribution in [3.05, 3.63) is 34.9 Å². The Morgan fingerprint density at radius 3 is 2.85 bits per heavy atom. The molecule has 2 aliphatic rings. The fraction of sp³-hybridized carbons (Fsp3) is 0.647. The van der Waals surface area contributed by atoms with E-state index in [0.717, 1.165) is 37.1 Å². The number of piperazine rings is 1. The van der Waals surface area contributed by atoms with E-state index in [2.05, 4.69) is 28.4 Å². The van der Waals surface area contributed by atoms with Gasteiger partial charge in [-0.3, -0.25) is 4.90 Å². The number of rotatable bonds is 3. The monoisotopic (exact) mass is 292 g/mol. The van der Waals surface area contributed by atoms with E-state index in [-0.39, 0.29) is 0 Å². The lowest BCUT2D eigenvalue weighted by molar-refractivity contribution is 0.0860. The number of hydrogen-bond donors (Lipinski definition) is 1. The summed E-state index contributed by atoms with van der Waals surface area (Å²) in [6, 6.07) is 9.05. The molecule has 110 valence electrons. The molecule has 1 heterocycles. The molecule has 0 spiro atoms. The van der Waals surface area contributed by atoms with E-state index in [0.29, 0.717) is 6.04 Å². The van der Waals surface area contributed by atoms with Crippen molar-refractivity contribution in [3.63, 3.8) is 0 Å². The van der Waals surface area contributed by atoms with Crippen molar-refractivity contribution in [2.24, 2.45) is 5.92 Å². The summed E-state index contributed by atoms with van der Waals surface area (Å²) in [6.45, 7) is 4.48. The Bertz CT molecular complexity index is 429. The zero-order valence-electron chi connectivity index (χ0n) is 12.2. The molecule has 2 nitrogen and oxygen atoms in total. The molecule has 1 saturated carbocycles. The van der Waals surface area contributed by atoms with Gasteiger partial charge in [-0.15, -0.1) is 0 Å². The third-order valence-corrected chi connectivity index (χ3v) is 5.10. The van der Waals surface area contributed by atoms with E-state index >= 15 is 0 Å². The Hall–Kier alpha value is -0.570. The van der Waals surface area contributed by atoms with Crippen molar-refractivity contribution in [3.8, 4) is 0 Å². The van der Waals surface area contributed by atoms with Gasteiger partial charge in [0.05, 0.1) is 0 Å². The molecule has 1 aromatic carbocycles. The standard InChI is InChI=1S/C17H25ClN2/c18-16-8-4-5-14(11-16)13-20-10-9-19-12-17(20)15-6-2-1-3-7-15/h4-5,8,11,15,17,19H,1-3,6-7,9-10,12-13H2. The Kier molecular flexibility index (Phi) is 4.98. The Morgan fingerprint density at radius 1 is 1.20 bits per heavy atom. The van der Waals surface area contributed by atoms with Gasteiger partial charge in [0.1, 0.15) is 0 Å². The topological polar surface area (TPSA) is 15.3 Å². The zero-order valence-corrected chi connectivity index (χ0v) is 12.9. The van der Waals surface area contributed by atoms with Crippen LogP contribution in [0.25, 0.3) is 0 Å². The molecule has 1 N–H and O–H groups in total.